The summed E-state index contributed by atoms with van der Waals surface area (Å²) in [4.78, 5) is 14.4. The third-order valence-corrected chi connectivity index (χ3v) is 4.79. The second-order valence-electron chi connectivity index (χ2n) is 6.66. The summed E-state index contributed by atoms with van der Waals surface area (Å²) in [6.45, 7) is 0.429. The normalized spacial score (nSPS) is 17.5. The van der Waals surface area contributed by atoms with E-state index in [0.29, 0.717) is 12.2 Å². The molecule has 0 spiro atoms. The second kappa shape index (κ2) is 5.89. The van der Waals surface area contributed by atoms with Crippen LogP contribution < -0.4 is 4.90 Å². The molecule has 2 aliphatic rings. The van der Waals surface area contributed by atoms with Crippen molar-refractivity contribution in [1.29, 1.82) is 0 Å². The summed E-state index contributed by atoms with van der Waals surface area (Å²) in [5.41, 5.74) is 1.56. The van der Waals surface area contributed by atoms with Crippen LogP contribution in [-0.4, -0.2) is 22.2 Å². The zero-order valence-corrected chi connectivity index (χ0v) is 13.6. The van der Waals surface area contributed by atoms with E-state index in [1.54, 1.807) is 4.90 Å². The number of carbonyl (C=O) groups is 1. The highest BCUT2D eigenvalue weighted by molar-refractivity contribution is 5.94. The molecule has 0 atom stereocenters. The van der Waals surface area contributed by atoms with E-state index in [4.69, 9.17) is 0 Å². The number of hydrogen-bond acceptors (Lipinski definition) is 2. The number of rotatable bonds is 3. The molecule has 1 aliphatic carbocycles. The molecule has 1 saturated carbocycles. The van der Waals surface area contributed by atoms with Crippen molar-refractivity contribution in [2.75, 3.05) is 11.4 Å². The van der Waals surface area contributed by atoms with Gasteiger partial charge in [-0.05, 0) is 43.4 Å². The summed E-state index contributed by atoms with van der Waals surface area (Å²) >= 11 is 0. The molecule has 0 bridgehead atoms. The number of halogens is 3. The van der Waals surface area contributed by atoms with Crippen LogP contribution in [0, 0.1) is 0 Å². The number of alkyl halides is 3. The molecule has 132 valence electrons. The predicted molar refractivity (Wildman–Crippen MR) is 86.3 cm³/mol. The molecule has 4 rings (SSSR count). The molecule has 1 aliphatic heterocycles. The number of carbonyl (C=O) groups excluding carboxylic acids is 1. The van der Waals surface area contributed by atoms with Gasteiger partial charge < -0.3 is 4.90 Å². The van der Waals surface area contributed by atoms with Crippen LogP contribution in [0.5, 0.6) is 0 Å². The van der Waals surface area contributed by atoms with Gasteiger partial charge in [0.25, 0.3) is 0 Å². The van der Waals surface area contributed by atoms with Crippen molar-refractivity contribution in [3.05, 3.63) is 47.3 Å². The third-order valence-electron chi connectivity index (χ3n) is 4.79. The molecular formula is C18H18F3N3O. The summed E-state index contributed by atoms with van der Waals surface area (Å²) in [7, 11) is 0. The molecule has 2 heterocycles. The van der Waals surface area contributed by atoms with Crippen molar-refractivity contribution < 1.29 is 18.0 Å². The van der Waals surface area contributed by atoms with Crippen molar-refractivity contribution in [2.45, 2.75) is 44.3 Å². The first-order valence-corrected chi connectivity index (χ1v) is 8.46. The van der Waals surface area contributed by atoms with Crippen molar-refractivity contribution in [2.24, 2.45) is 0 Å². The maximum absolute atomic E-state index is 13.0. The average molecular weight is 349 g/mol. The van der Waals surface area contributed by atoms with Gasteiger partial charge in [0.15, 0.2) is 5.69 Å². The number of nitrogens with zero attached hydrogens (tertiary/aromatic N) is 3. The Morgan fingerprint density at radius 2 is 2.00 bits per heavy atom. The van der Waals surface area contributed by atoms with Gasteiger partial charge in [0, 0.05) is 23.8 Å². The SMILES string of the molecule is O=C(Cn1nc(C(F)(F)F)cc1C1CC1)N1CCCc2ccccc21. The number of aryl methyl sites for hydroxylation is 1. The Balaban J connectivity index is 1.60. The summed E-state index contributed by atoms with van der Waals surface area (Å²) in [6, 6.07) is 8.77. The molecule has 1 amide bonds. The maximum atomic E-state index is 13.0. The number of aromatic nitrogens is 2. The summed E-state index contributed by atoms with van der Waals surface area (Å²) in [6.07, 6.45) is -1.03. The van der Waals surface area contributed by atoms with Gasteiger partial charge in [-0.1, -0.05) is 18.2 Å². The minimum atomic E-state index is -4.49. The van der Waals surface area contributed by atoms with Crippen LogP contribution in [0.25, 0.3) is 0 Å². The fourth-order valence-corrected chi connectivity index (χ4v) is 3.41. The first-order chi connectivity index (χ1) is 11.9. The topological polar surface area (TPSA) is 38.1 Å². The molecule has 0 N–H and O–H groups in total. The number of para-hydroxylation sites is 1. The van der Waals surface area contributed by atoms with Gasteiger partial charge in [0.05, 0.1) is 0 Å². The Hall–Kier alpha value is -2.31. The summed E-state index contributed by atoms with van der Waals surface area (Å²) < 4.78 is 40.2. The van der Waals surface area contributed by atoms with Crippen LogP contribution in [0.3, 0.4) is 0 Å². The van der Waals surface area contributed by atoms with E-state index >= 15 is 0 Å². The van der Waals surface area contributed by atoms with Crippen molar-refractivity contribution >= 4 is 11.6 Å². The van der Waals surface area contributed by atoms with Gasteiger partial charge in [-0.25, -0.2) is 0 Å². The monoisotopic (exact) mass is 349 g/mol. The standard InChI is InChI=1S/C18H18F3N3O/c19-18(20,21)16-10-15(13-7-8-13)24(22-16)11-17(25)23-9-3-5-12-4-1-2-6-14(12)23/h1-2,4,6,10,13H,3,5,7-9,11H2. The fraction of sp³-hybridized carbons (Fsp3) is 0.444. The Morgan fingerprint density at radius 3 is 2.72 bits per heavy atom. The van der Waals surface area contributed by atoms with E-state index in [2.05, 4.69) is 5.10 Å². The van der Waals surface area contributed by atoms with E-state index in [-0.39, 0.29) is 18.4 Å². The van der Waals surface area contributed by atoms with Crippen molar-refractivity contribution in [3.8, 4) is 0 Å². The minimum absolute atomic E-state index is 0.0880. The van der Waals surface area contributed by atoms with Crippen LogP contribution in [0.4, 0.5) is 18.9 Å². The molecule has 25 heavy (non-hydrogen) atoms. The van der Waals surface area contributed by atoms with Gasteiger partial charge in [-0.3, -0.25) is 9.48 Å². The molecule has 1 aromatic heterocycles. The molecule has 7 heteroatoms. The number of hydrogen-bond donors (Lipinski definition) is 0. The first-order valence-electron chi connectivity index (χ1n) is 8.46. The third kappa shape index (κ3) is 3.15. The van der Waals surface area contributed by atoms with E-state index in [1.165, 1.54) is 4.68 Å². The quantitative estimate of drug-likeness (QED) is 0.846. The van der Waals surface area contributed by atoms with Crippen LogP contribution in [0.2, 0.25) is 0 Å². The minimum Gasteiger partial charge on any atom is -0.311 e. The Bertz CT molecular complexity index is 808. The van der Waals surface area contributed by atoms with Gasteiger partial charge in [0.2, 0.25) is 5.91 Å². The fourth-order valence-electron chi connectivity index (χ4n) is 3.41. The first kappa shape index (κ1) is 16.2. The number of fused-ring (bicyclic) bond motifs is 1. The average Bonchev–Trinajstić information content (AvgIpc) is 3.33. The Kier molecular flexibility index (Phi) is 3.81. The lowest BCUT2D eigenvalue weighted by Crippen LogP contribution is -2.38. The lowest BCUT2D eigenvalue weighted by atomic mass is 10.0. The summed E-state index contributed by atoms with van der Waals surface area (Å²) in [5.74, 6) is -0.129. The van der Waals surface area contributed by atoms with Gasteiger partial charge in [-0.15, -0.1) is 0 Å². The Labute approximate surface area is 143 Å². The van der Waals surface area contributed by atoms with Gasteiger partial charge in [0.1, 0.15) is 6.54 Å². The van der Waals surface area contributed by atoms with E-state index < -0.39 is 11.9 Å². The lowest BCUT2D eigenvalue weighted by Gasteiger charge is -2.29. The predicted octanol–water partition coefficient (Wildman–Crippen LogP) is 3.76. The molecule has 1 aromatic carbocycles. The zero-order chi connectivity index (χ0) is 17.6. The van der Waals surface area contributed by atoms with Gasteiger partial charge in [-0.2, -0.15) is 18.3 Å². The largest absolute Gasteiger partial charge is 0.435 e. The maximum Gasteiger partial charge on any atom is 0.435 e. The molecule has 4 nitrogen and oxygen atoms in total. The highest BCUT2D eigenvalue weighted by atomic mass is 19.4. The molecule has 2 aromatic rings. The molecular weight excluding hydrogens is 331 g/mol. The second-order valence-corrected chi connectivity index (χ2v) is 6.66. The molecule has 0 unspecified atom stereocenters. The number of benzene rings is 1. The smallest absolute Gasteiger partial charge is 0.311 e. The van der Waals surface area contributed by atoms with Crippen LogP contribution in [-0.2, 0) is 23.9 Å². The zero-order valence-electron chi connectivity index (χ0n) is 13.6. The number of anilines is 1. The molecule has 0 radical (unpaired) electrons. The van der Waals surface area contributed by atoms with Gasteiger partial charge >= 0.3 is 6.18 Å². The molecule has 0 saturated heterocycles. The highest BCUT2D eigenvalue weighted by Gasteiger charge is 2.38. The summed E-state index contributed by atoms with van der Waals surface area (Å²) in [5, 5.41) is 3.68. The number of amides is 1. The van der Waals surface area contributed by atoms with E-state index in [1.807, 2.05) is 24.3 Å². The van der Waals surface area contributed by atoms with Crippen LogP contribution in [0.15, 0.2) is 30.3 Å². The van der Waals surface area contributed by atoms with Crippen LogP contribution >= 0.6 is 0 Å². The van der Waals surface area contributed by atoms with Crippen molar-refractivity contribution in [3.63, 3.8) is 0 Å². The lowest BCUT2D eigenvalue weighted by molar-refractivity contribution is -0.141. The Morgan fingerprint density at radius 1 is 1.24 bits per heavy atom. The van der Waals surface area contributed by atoms with Crippen molar-refractivity contribution in [1.82, 2.24) is 9.78 Å². The van der Waals surface area contributed by atoms with E-state index in [0.717, 1.165) is 43.0 Å². The molecule has 1 fully saturated rings. The highest BCUT2D eigenvalue weighted by Crippen LogP contribution is 2.42. The van der Waals surface area contributed by atoms with Crippen LogP contribution in [0.1, 0.15) is 42.1 Å². The van der Waals surface area contributed by atoms with E-state index in [9.17, 15) is 18.0 Å².